The van der Waals surface area contributed by atoms with Gasteiger partial charge in [-0.3, -0.25) is 10.2 Å². The molecule has 1 N–H and O–H groups in total. The molecule has 0 saturated heterocycles. The van der Waals surface area contributed by atoms with E-state index in [2.05, 4.69) is 26.0 Å². The largest absolute Gasteiger partial charge is 0.493 e. The molecule has 39 heavy (non-hydrogen) atoms. The van der Waals surface area contributed by atoms with Crippen molar-refractivity contribution in [2.75, 3.05) is 27.4 Å². The van der Waals surface area contributed by atoms with Crippen molar-refractivity contribution in [3.63, 3.8) is 0 Å². The minimum atomic E-state index is -0.456. The molecule has 204 valence electrons. The van der Waals surface area contributed by atoms with Gasteiger partial charge in [0.25, 0.3) is 5.91 Å². The van der Waals surface area contributed by atoms with Crippen LogP contribution in [0.15, 0.2) is 56.5 Å². The smallest absolute Gasteiger partial charge is 0.283 e. The highest BCUT2D eigenvalue weighted by Gasteiger charge is 2.38. The first kappa shape index (κ1) is 27.3. The Morgan fingerprint density at radius 1 is 1.05 bits per heavy atom. The maximum absolute atomic E-state index is 12.9. The lowest BCUT2D eigenvalue weighted by molar-refractivity contribution is -0.114. The number of para-hydroxylation sites is 2. The van der Waals surface area contributed by atoms with Crippen molar-refractivity contribution >= 4 is 55.7 Å². The third-order valence-corrected chi connectivity index (χ3v) is 8.30. The number of aliphatic imine (C=N–C) groups is 1. The fourth-order valence-corrected chi connectivity index (χ4v) is 6.32. The zero-order valence-corrected chi connectivity index (χ0v) is 24.1. The van der Waals surface area contributed by atoms with Gasteiger partial charge in [0, 0.05) is 5.92 Å². The first-order valence-electron chi connectivity index (χ1n) is 12.7. The van der Waals surface area contributed by atoms with Gasteiger partial charge in [-0.15, -0.1) is 0 Å². The fourth-order valence-electron chi connectivity index (χ4n) is 4.68. The van der Waals surface area contributed by atoms with Crippen LogP contribution in [-0.2, 0) is 4.79 Å². The van der Waals surface area contributed by atoms with Crippen LogP contribution in [0.25, 0.3) is 6.08 Å². The number of halogens is 1. The second-order valence-electron chi connectivity index (χ2n) is 9.18. The Morgan fingerprint density at radius 3 is 2.51 bits per heavy atom. The summed E-state index contributed by atoms with van der Waals surface area (Å²) >= 11 is 4.97. The van der Waals surface area contributed by atoms with Crippen molar-refractivity contribution in [1.29, 1.82) is 5.41 Å². The second-order valence-corrected chi connectivity index (χ2v) is 11.0. The second kappa shape index (κ2) is 12.3. The van der Waals surface area contributed by atoms with Gasteiger partial charge in [0.15, 0.2) is 28.8 Å². The van der Waals surface area contributed by atoms with Gasteiger partial charge in [-0.05, 0) is 76.4 Å². The molecule has 1 amide bonds. The minimum Gasteiger partial charge on any atom is -0.493 e. The lowest BCUT2D eigenvalue weighted by Crippen LogP contribution is -2.35. The van der Waals surface area contributed by atoms with E-state index in [1.807, 2.05) is 24.3 Å². The van der Waals surface area contributed by atoms with Gasteiger partial charge in [-0.25, -0.2) is 0 Å². The zero-order chi connectivity index (χ0) is 27.4. The summed E-state index contributed by atoms with van der Waals surface area (Å²) in [7, 11) is 3.14. The molecule has 3 aliphatic rings. The molecule has 0 spiro atoms. The van der Waals surface area contributed by atoms with Gasteiger partial charge < -0.3 is 18.9 Å². The van der Waals surface area contributed by atoms with E-state index in [0.29, 0.717) is 50.7 Å². The van der Waals surface area contributed by atoms with E-state index in [0.717, 1.165) is 17.9 Å². The summed E-state index contributed by atoms with van der Waals surface area (Å²) in [5.41, 5.74) is 0.826. The number of hydrogen-bond acceptors (Lipinski definition) is 8. The van der Waals surface area contributed by atoms with Crippen LogP contribution in [0.1, 0.15) is 37.7 Å². The fraction of sp³-hybridized carbons (Fsp3) is 0.357. The summed E-state index contributed by atoms with van der Waals surface area (Å²) < 4.78 is 23.2. The van der Waals surface area contributed by atoms with Crippen molar-refractivity contribution in [1.82, 2.24) is 5.01 Å². The van der Waals surface area contributed by atoms with Gasteiger partial charge in [-0.1, -0.05) is 31.4 Å². The Bertz CT molecular complexity index is 1370. The number of benzene rings is 2. The maximum atomic E-state index is 12.9. The molecule has 0 aromatic heterocycles. The summed E-state index contributed by atoms with van der Waals surface area (Å²) in [5, 5.41) is 16.3. The van der Waals surface area contributed by atoms with Gasteiger partial charge in [0.05, 0.1) is 24.3 Å². The number of rotatable bonds is 9. The normalized spacial score (nSPS) is 18.5. The molecule has 2 aromatic carbocycles. The summed E-state index contributed by atoms with van der Waals surface area (Å²) in [4.78, 5) is 17.1. The Morgan fingerprint density at radius 2 is 1.77 bits per heavy atom. The average Bonchev–Trinajstić information content (AvgIpc) is 3.39. The van der Waals surface area contributed by atoms with Crippen LogP contribution in [0, 0.1) is 11.3 Å². The predicted molar refractivity (Wildman–Crippen MR) is 156 cm³/mol. The van der Waals surface area contributed by atoms with Crippen LogP contribution in [0.3, 0.4) is 0 Å². The van der Waals surface area contributed by atoms with E-state index >= 15 is 0 Å². The number of methoxy groups -OCH3 is 2. The highest BCUT2D eigenvalue weighted by atomic mass is 79.9. The van der Waals surface area contributed by atoms with Crippen molar-refractivity contribution < 1.29 is 23.7 Å². The highest BCUT2D eigenvalue weighted by molar-refractivity contribution is 9.10. The lowest BCUT2D eigenvalue weighted by Gasteiger charge is -2.20. The summed E-state index contributed by atoms with van der Waals surface area (Å²) in [5.74, 6) is 2.20. The third-order valence-electron chi connectivity index (χ3n) is 6.64. The highest BCUT2D eigenvalue weighted by Crippen LogP contribution is 2.39. The monoisotopic (exact) mass is 612 g/mol. The number of thioether (sulfide) groups is 1. The van der Waals surface area contributed by atoms with E-state index < -0.39 is 5.91 Å². The quantitative estimate of drug-likeness (QED) is 0.268. The molecule has 9 nitrogen and oxygen atoms in total. The minimum absolute atomic E-state index is 0.0206. The Balaban J connectivity index is 1.29. The first-order chi connectivity index (χ1) is 19.0. The molecule has 2 heterocycles. The van der Waals surface area contributed by atoms with Crippen molar-refractivity contribution in [3.05, 3.63) is 52.0 Å². The molecule has 0 radical (unpaired) electrons. The molecule has 0 atom stereocenters. The SMILES string of the molecule is COc1ccccc1OCCOc1c(Br)cc(/C=C2/C(=N)N3N=C(C4CCCCC4)SC3=NC2=O)cc1OC. The number of nitrogens with one attached hydrogen (secondary N) is 1. The van der Waals surface area contributed by atoms with E-state index in [9.17, 15) is 4.79 Å². The number of hydrogen-bond donors (Lipinski definition) is 1. The number of fused-ring (bicyclic) bond motifs is 1. The van der Waals surface area contributed by atoms with Crippen LogP contribution in [0.5, 0.6) is 23.0 Å². The van der Waals surface area contributed by atoms with Gasteiger partial charge in [-0.2, -0.15) is 15.1 Å². The topological polar surface area (TPSA) is 106 Å². The Labute approximate surface area is 239 Å². The summed E-state index contributed by atoms with van der Waals surface area (Å²) in [6.45, 7) is 0.563. The molecule has 11 heteroatoms. The van der Waals surface area contributed by atoms with Crippen LogP contribution >= 0.6 is 27.7 Å². The van der Waals surface area contributed by atoms with E-state index in [4.69, 9.17) is 24.4 Å². The molecular formula is C28H29BrN4O5S. The number of ether oxygens (including phenoxy) is 4. The standard InChI is InChI=1S/C28H29BrN4O5S/c1-35-21-10-6-7-11-22(21)37-12-13-38-24-20(29)15-17(16-23(24)36-2)14-19-25(30)33-28(31-26(19)34)39-27(32-33)18-8-4-3-5-9-18/h6-7,10-11,14-16,18,30H,3-5,8-9,12-13H2,1-2H3/b19-14-,30-25?. The van der Waals surface area contributed by atoms with Crippen molar-refractivity contribution in [2.24, 2.45) is 16.0 Å². The van der Waals surface area contributed by atoms with Crippen LogP contribution in [-0.4, -0.2) is 54.4 Å². The van der Waals surface area contributed by atoms with E-state index in [1.54, 1.807) is 32.4 Å². The molecule has 5 rings (SSSR count). The van der Waals surface area contributed by atoms with Crippen LogP contribution < -0.4 is 18.9 Å². The number of nitrogens with zero attached hydrogens (tertiary/aromatic N) is 3. The Kier molecular flexibility index (Phi) is 8.56. The summed E-state index contributed by atoms with van der Waals surface area (Å²) in [6.07, 6.45) is 7.43. The maximum Gasteiger partial charge on any atom is 0.283 e. The number of hydrazone groups is 1. The predicted octanol–water partition coefficient (Wildman–Crippen LogP) is 6.12. The molecular weight excluding hydrogens is 584 g/mol. The number of amides is 1. The zero-order valence-electron chi connectivity index (χ0n) is 21.7. The number of carbonyl (C=O) groups is 1. The number of carbonyl (C=O) groups excluding carboxylic acids is 1. The van der Waals surface area contributed by atoms with E-state index in [-0.39, 0.29) is 18.0 Å². The van der Waals surface area contributed by atoms with Gasteiger partial charge >= 0.3 is 0 Å². The van der Waals surface area contributed by atoms with Gasteiger partial charge in [0.2, 0.25) is 5.17 Å². The molecule has 1 saturated carbocycles. The molecule has 0 bridgehead atoms. The third kappa shape index (κ3) is 5.99. The first-order valence-corrected chi connectivity index (χ1v) is 14.4. The molecule has 2 aliphatic heterocycles. The van der Waals surface area contributed by atoms with E-state index in [1.165, 1.54) is 36.0 Å². The number of amidine groups is 2. The molecule has 2 aromatic rings. The average molecular weight is 614 g/mol. The molecule has 1 fully saturated rings. The Hall–Kier alpha value is -3.31. The molecule has 1 aliphatic carbocycles. The summed E-state index contributed by atoms with van der Waals surface area (Å²) in [6, 6.07) is 11.0. The van der Waals surface area contributed by atoms with Crippen LogP contribution in [0.2, 0.25) is 0 Å². The van der Waals surface area contributed by atoms with Crippen molar-refractivity contribution in [2.45, 2.75) is 32.1 Å². The van der Waals surface area contributed by atoms with Gasteiger partial charge in [0.1, 0.15) is 18.3 Å². The lowest BCUT2D eigenvalue weighted by atomic mass is 9.90. The van der Waals surface area contributed by atoms with Crippen LogP contribution in [0.4, 0.5) is 0 Å². The molecule has 0 unspecified atom stereocenters. The van der Waals surface area contributed by atoms with Crippen molar-refractivity contribution in [3.8, 4) is 23.0 Å².